The highest BCUT2D eigenvalue weighted by molar-refractivity contribution is 6.30. The second kappa shape index (κ2) is 11.0. The summed E-state index contributed by atoms with van der Waals surface area (Å²) in [5.41, 5.74) is 1.15. The number of ketones is 1. The largest absolute Gasteiger partial charge is 0.497 e. The lowest BCUT2D eigenvalue weighted by atomic mass is 10.1. The third kappa shape index (κ3) is 5.54. The molecule has 1 N–H and O–H groups in total. The minimum Gasteiger partial charge on any atom is -0.497 e. The molecule has 7 nitrogen and oxygen atoms in total. The highest BCUT2D eigenvalue weighted by atomic mass is 35.5. The van der Waals surface area contributed by atoms with Gasteiger partial charge in [-0.3, -0.25) is 19.5 Å². The zero-order chi connectivity index (χ0) is 24.0. The van der Waals surface area contributed by atoms with E-state index in [0.29, 0.717) is 47.1 Å². The van der Waals surface area contributed by atoms with Crippen molar-refractivity contribution < 1.29 is 14.3 Å². The second-order valence-electron chi connectivity index (χ2n) is 7.72. The summed E-state index contributed by atoms with van der Waals surface area (Å²) in [5.74, 6) is -0.124. The van der Waals surface area contributed by atoms with Crippen LogP contribution in [0.15, 0.2) is 53.3 Å². The van der Waals surface area contributed by atoms with Gasteiger partial charge in [-0.2, -0.15) is 0 Å². The molecule has 0 aliphatic rings. The van der Waals surface area contributed by atoms with E-state index in [-0.39, 0.29) is 18.0 Å². The lowest BCUT2D eigenvalue weighted by Gasteiger charge is -2.21. The number of Topliss-reactive ketones (excluding diaryl/α,β-unsaturated/α-hetero) is 1. The fourth-order valence-corrected chi connectivity index (χ4v) is 3.90. The lowest BCUT2D eigenvalue weighted by molar-refractivity contribution is 0.0708. The Labute approximate surface area is 197 Å². The zero-order valence-electron chi connectivity index (χ0n) is 19.1. The van der Waals surface area contributed by atoms with E-state index in [9.17, 15) is 14.4 Å². The van der Waals surface area contributed by atoms with Crippen molar-refractivity contribution in [3.05, 3.63) is 80.7 Å². The highest BCUT2D eigenvalue weighted by Gasteiger charge is 2.25. The number of benzene rings is 2. The van der Waals surface area contributed by atoms with Crippen molar-refractivity contribution in [2.75, 3.05) is 20.2 Å². The number of amides is 1. The van der Waals surface area contributed by atoms with E-state index in [2.05, 4.69) is 5.10 Å². The van der Waals surface area contributed by atoms with E-state index in [1.54, 1.807) is 48.5 Å². The van der Waals surface area contributed by atoms with Crippen LogP contribution in [0.25, 0.3) is 5.69 Å². The zero-order valence-corrected chi connectivity index (χ0v) is 19.8. The number of nitrogens with one attached hydrogen (secondary N) is 1. The average molecular weight is 470 g/mol. The minimum absolute atomic E-state index is 0.0800. The van der Waals surface area contributed by atoms with Gasteiger partial charge < -0.3 is 9.64 Å². The van der Waals surface area contributed by atoms with E-state index in [0.717, 1.165) is 6.42 Å². The first-order chi connectivity index (χ1) is 15.9. The number of H-pyrrole nitrogens is 1. The van der Waals surface area contributed by atoms with Crippen LogP contribution in [0.5, 0.6) is 5.75 Å². The number of aryl methyl sites for hydroxylation is 1. The van der Waals surface area contributed by atoms with Crippen LogP contribution in [0.3, 0.4) is 0 Å². The normalized spacial score (nSPS) is 10.8. The molecular formula is C25H28ClN3O4. The number of rotatable bonds is 10. The van der Waals surface area contributed by atoms with Crippen molar-refractivity contribution in [3.8, 4) is 11.4 Å². The molecule has 8 heteroatoms. The standard InChI is InChI=1S/C25H28ClN3O4/c1-4-8-21-23(25(32)29(27-21)19-11-7-10-18(26)15-19)22(30)16-28(13-5-2)24(31)17-9-6-12-20(14-17)33-3/h6-7,9-12,14-15,27H,4-5,8,13,16H2,1-3H3. The summed E-state index contributed by atoms with van der Waals surface area (Å²) in [6.45, 7) is 4.10. The third-order valence-electron chi connectivity index (χ3n) is 5.24. The number of halogens is 1. The predicted octanol–water partition coefficient (Wildman–Crippen LogP) is 4.52. The first kappa shape index (κ1) is 24.3. The maximum Gasteiger partial charge on any atom is 0.282 e. The predicted molar refractivity (Wildman–Crippen MR) is 129 cm³/mol. The first-order valence-electron chi connectivity index (χ1n) is 11.0. The van der Waals surface area contributed by atoms with Gasteiger partial charge in [0.2, 0.25) is 0 Å². The number of hydrogen-bond acceptors (Lipinski definition) is 4. The Morgan fingerprint density at radius 2 is 1.85 bits per heavy atom. The van der Waals surface area contributed by atoms with Crippen molar-refractivity contribution in [3.63, 3.8) is 0 Å². The summed E-state index contributed by atoms with van der Waals surface area (Å²) in [7, 11) is 1.53. The molecule has 1 aromatic heterocycles. The molecule has 0 saturated heterocycles. The minimum atomic E-state index is -0.448. The lowest BCUT2D eigenvalue weighted by Crippen LogP contribution is -2.38. The summed E-state index contributed by atoms with van der Waals surface area (Å²) >= 11 is 6.09. The molecule has 0 unspecified atom stereocenters. The molecule has 3 rings (SSSR count). The van der Waals surface area contributed by atoms with Crippen LogP contribution < -0.4 is 10.3 Å². The van der Waals surface area contributed by atoms with Crippen LogP contribution in [0.1, 0.15) is 53.1 Å². The van der Waals surface area contributed by atoms with Gasteiger partial charge >= 0.3 is 0 Å². The SMILES string of the molecule is CCCc1[nH]n(-c2cccc(Cl)c2)c(=O)c1C(=O)CN(CCC)C(=O)c1cccc(OC)c1. The molecule has 1 heterocycles. The molecule has 174 valence electrons. The van der Waals surface area contributed by atoms with Gasteiger partial charge in [-0.1, -0.05) is 44.0 Å². The summed E-state index contributed by atoms with van der Waals surface area (Å²) in [6, 6.07) is 13.6. The van der Waals surface area contributed by atoms with Gasteiger partial charge in [0.1, 0.15) is 11.3 Å². The summed E-state index contributed by atoms with van der Waals surface area (Å²) in [5, 5.41) is 3.54. The van der Waals surface area contributed by atoms with Crippen LogP contribution in [0.4, 0.5) is 0 Å². The molecule has 0 radical (unpaired) electrons. The van der Waals surface area contributed by atoms with Gasteiger partial charge in [0.05, 0.1) is 19.3 Å². The Morgan fingerprint density at radius 1 is 1.09 bits per heavy atom. The van der Waals surface area contributed by atoms with Crippen LogP contribution in [0, 0.1) is 0 Å². The van der Waals surface area contributed by atoms with E-state index in [1.165, 1.54) is 16.7 Å². The summed E-state index contributed by atoms with van der Waals surface area (Å²) in [6.07, 6.45) is 1.95. The fourth-order valence-electron chi connectivity index (χ4n) is 3.71. The quantitative estimate of drug-likeness (QED) is 0.442. The van der Waals surface area contributed by atoms with Crippen molar-refractivity contribution in [1.82, 2.24) is 14.7 Å². The van der Waals surface area contributed by atoms with Crippen molar-refractivity contribution >= 4 is 23.3 Å². The molecule has 0 aliphatic heterocycles. The van der Waals surface area contributed by atoms with Gasteiger partial charge in [-0.05, 0) is 49.2 Å². The number of carbonyl (C=O) groups is 2. The molecule has 0 aliphatic carbocycles. The molecule has 33 heavy (non-hydrogen) atoms. The summed E-state index contributed by atoms with van der Waals surface area (Å²) < 4.78 is 6.54. The van der Waals surface area contributed by atoms with Crippen LogP contribution in [-0.4, -0.2) is 46.6 Å². The Hall–Kier alpha value is -3.32. The fraction of sp³-hybridized carbons (Fsp3) is 0.320. The van der Waals surface area contributed by atoms with E-state index in [4.69, 9.17) is 16.3 Å². The van der Waals surface area contributed by atoms with Gasteiger partial charge in [0.25, 0.3) is 11.5 Å². The van der Waals surface area contributed by atoms with Gasteiger partial charge in [0, 0.05) is 22.8 Å². The van der Waals surface area contributed by atoms with E-state index < -0.39 is 11.3 Å². The van der Waals surface area contributed by atoms with Gasteiger partial charge in [-0.15, -0.1) is 0 Å². The molecule has 0 atom stereocenters. The van der Waals surface area contributed by atoms with Crippen LogP contribution >= 0.6 is 11.6 Å². The maximum absolute atomic E-state index is 13.3. The third-order valence-corrected chi connectivity index (χ3v) is 5.48. The number of carbonyl (C=O) groups excluding carboxylic acids is 2. The van der Waals surface area contributed by atoms with Crippen LogP contribution in [-0.2, 0) is 6.42 Å². The number of aromatic nitrogens is 2. The smallest absolute Gasteiger partial charge is 0.282 e. The second-order valence-corrected chi connectivity index (χ2v) is 8.15. The van der Waals surface area contributed by atoms with Crippen molar-refractivity contribution in [2.45, 2.75) is 33.1 Å². The molecule has 0 fully saturated rings. The Morgan fingerprint density at radius 3 is 2.52 bits per heavy atom. The van der Waals surface area contributed by atoms with E-state index >= 15 is 0 Å². The molecule has 3 aromatic rings. The molecular weight excluding hydrogens is 442 g/mol. The highest BCUT2D eigenvalue weighted by Crippen LogP contribution is 2.17. The monoisotopic (exact) mass is 469 g/mol. The molecule has 0 bridgehead atoms. The molecule has 2 aromatic carbocycles. The number of nitrogens with zero attached hydrogens (tertiary/aromatic N) is 2. The summed E-state index contributed by atoms with van der Waals surface area (Å²) in [4.78, 5) is 41.2. The Balaban J connectivity index is 1.95. The van der Waals surface area contributed by atoms with Gasteiger partial charge in [-0.25, -0.2) is 4.68 Å². The molecule has 0 saturated carbocycles. The Bertz CT molecular complexity index is 1200. The number of methoxy groups -OCH3 is 1. The number of hydrogen-bond donors (Lipinski definition) is 1. The Kier molecular flexibility index (Phi) is 8.11. The maximum atomic E-state index is 13.3. The first-order valence-corrected chi connectivity index (χ1v) is 11.3. The van der Waals surface area contributed by atoms with Crippen molar-refractivity contribution in [2.24, 2.45) is 0 Å². The topological polar surface area (TPSA) is 84.4 Å². The average Bonchev–Trinajstić information content (AvgIpc) is 3.14. The molecule has 1 amide bonds. The number of aromatic amines is 1. The van der Waals surface area contributed by atoms with Crippen molar-refractivity contribution in [1.29, 1.82) is 0 Å². The van der Waals surface area contributed by atoms with Crippen LogP contribution in [0.2, 0.25) is 5.02 Å². The number of ether oxygens (including phenoxy) is 1. The van der Waals surface area contributed by atoms with Gasteiger partial charge in [0.15, 0.2) is 5.78 Å². The molecule has 0 spiro atoms. The van der Waals surface area contributed by atoms with E-state index in [1.807, 2.05) is 13.8 Å².